The highest BCUT2D eigenvalue weighted by atomic mass is 31.1. The fourth-order valence-electron chi connectivity index (χ4n) is 4.44. The molecule has 172 valence electrons. The van der Waals surface area contributed by atoms with Crippen LogP contribution in [-0.2, 0) is 0 Å². The topological polar surface area (TPSA) is 0 Å². The molecule has 4 aromatic carbocycles. The Morgan fingerprint density at radius 1 is 0.514 bits per heavy atom. The van der Waals surface area contributed by atoms with Crippen molar-refractivity contribution in [2.45, 2.75) is 20.8 Å². The van der Waals surface area contributed by atoms with E-state index in [1.54, 1.807) is 0 Å². The Morgan fingerprint density at radius 2 is 0.914 bits per heavy atom. The van der Waals surface area contributed by atoms with E-state index in [4.69, 9.17) is 0 Å². The zero-order valence-electron chi connectivity index (χ0n) is 20.6. The van der Waals surface area contributed by atoms with E-state index in [0.717, 1.165) is 0 Å². The van der Waals surface area contributed by atoms with E-state index in [-0.39, 0.29) is 5.41 Å². The highest BCUT2D eigenvalue weighted by Gasteiger charge is 2.36. The van der Waals surface area contributed by atoms with Gasteiger partial charge in [0.2, 0.25) is 0 Å². The van der Waals surface area contributed by atoms with Crippen molar-refractivity contribution >= 4 is 42.0 Å². The maximum Gasteiger partial charge on any atom is 0.178 e. The van der Waals surface area contributed by atoms with E-state index in [0.29, 0.717) is 0 Å². The van der Waals surface area contributed by atoms with Gasteiger partial charge in [0.1, 0.15) is 0 Å². The lowest BCUT2D eigenvalue weighted by molar-refractivity contribution is 0.518. The van der Waals surface area contributed by atoms with E-state index >= 15 is 0 Å². The average Bonchev–Trinajstić information content (AvgIpc) is 3.32. The molecule has 0 saturated carbocycles. The average molecular weight is 490 g/mol. The Hall–Kier alpha value is -3.04. The van der Waals surface area contributed by atoms with Crippen LogP contribution in [0.5, 0.6) is 0 Å². The van der Waals surface area contributed by atoms with Crippen LogP contribution in [0.15, 0.2) is 144 Å². The third kappa shape index (κ3) is 5.16. The molecule has 0 bridgehead atoms. The molecule has 0 N–H and O–H groups in total. The number of hydrogen-bond acceptors (Lipinski definition) is 0. The van der Waals surface area contributed by atoms with Crippen LogP contribution >= 0.6 is 15.5 Å². The number of hydrogen-bond donors (Lipinski definition) is 0. The minimum Gasteiger partial charge on any atom is -0.0622 e. The molecule has 0 heterocycles. The first-order valence-electron chi connectivity index (χ1n) is 12.1. The summed E-state index contributed by atoms with van der Waals surface area (Å²) in [5.74, 6) is 0. The van der Waals surface area contributed by atoms with Crippen molar-refractivity contribution in [2.75, 3.05) is 0 Å². The van der Waals surface area contributed by atoms with Crippen molar-refractivity contribution in [3.8, 4) is 0 Å². The van der Waals surface area contributed by atoms with Crippen LogP contribution in [0.25, 0.3) is 0 Å². The van der Waals surface area contributed by atoms with E-state index in [2.05, 4.69) is 154 Å². The fourth-order valence-corrected chi connectivity index (χ4v) is 9.75. The molecule has 0 fully saturated rings. The van der Waals surface area contributed by atoms with Crippen LogP contribution in [-0.4, -0.2) is 5.29 Å². The first-order valence-corrected chi connectivity index (χ1v) is 14.8. The standard InChI is InChI=1S/C33H31P2/c1-33(2,3)26-24-31(34(27-16-8-4-9-17-27)28-18-10-5-11-19-28)32(25-26)35(29-20-12-6-13-21-29)30-22-14-7-15-23-30/h4-25H,1-3H3/q+1. The Balaban J connectivity index is 1.83. The second-order valence-electron chi connectivity index (χ2n) is 9.78. The zero-order valence-corrected chi connectivity index (χ0v) is 22.4. The van der Waals surface area contributed by atoms with Gasteiger partial charge < -0.3 is 0 Å². The highest BCUT2D eigenvalue weighted by molar-refractivity contribution is 7.82. The normalized spacial score (nSPS) is 13.5. The quantitative estimate of drug-likeness (QED) is 0.258. The van der Waals surface area contributed by atoms with Gasteiger partial charge in [-0.05, 0) is 65.9 Å². The van der Waals surface area contributed by atoms with Crippen molar-refractivity contribution in [3.63, 3.8) is 0 Å². The summed E-state index contributed by atoms with van der Waals surface area (Å²) in [6.07, 6.45) is 5.03. The highest BCUT2D eigenvalue weighted by Crippen LogP contribution is 2.51. The molecule has 0 nitrogen and oxygen atoms in total. The van der Waals surface area contributed by atoms with E-state index in [1.807, 2.05) is 0 Å². The van der Waals surface area contributed by atoms with Gasteiger partial charge in [0.25, 0.3) is 0 Å². The number of benzene rings is 4. The maximum absolute atomic E-state index is 2.52. The number of allylic oxidation sites excluding steroid dienone is 4. The zero-order chi connectivity index (χ0) is 24.3. The summed E-state index contributed by atoms with van der Waals surface area (Å²) in [6, 6.07) is 44.4. The molecule has 0 radical (unpaired) electrons. The summed E-state index contributed by atoms with van der Waals surface area (Å²) in [6.45, 7) is 6.99. The van der Waals surface area contributed by atoms with Gasteiger partial charge in [0.15, 0.2) is 23.4 Å². The van der Waals surface area contributed by atoms with Crippen molar-refractivity contribution in [1.82, 2.24) is 0 Å². The molecule has 0 aliphatic heterocycles. The summed E-state index contributed by atoms with van der Waals surface area (Å²) in [4.78, 5) is 0. The van der Waals surface area contributed by atoms with Crippen molar-refractivity contribution in [2.24, 2.45) is 5.41 Å². The molecule has 5 rings (SSSR count). The Kier molecular flexibility index (Phi) is 6.97. The third-order valence-electron chi connectivity index (χ3n) is 6.25. The minimum atomic E-state index is -0.690. The SMILES string of the molecule is CC(C)(C)C1=CC(=[P+](c2ccccc2)c2ccccc2)C(P(c2ccccc2)c2ccccc2)=C1. The first-order chi connectivity index (χ1) is 17.0. The van der Waals surface area contributed by atoms with Crippen molar-refractivity contribution in [3.05, 3.63) is 144 Å². The van der Waals surface area contributed by atoms with Gasteiger partial charge in [0, 0.05) is 5.31 Å². The van der Waals surface area contributed by atoms with Gasteiger partial charge in [-0.2, -0.15) is 0 Å². The lowest BCUT2D eigenvalue weighted by Gasteiger charge is -2.21. The van der Waals surface area contributed by atoms with Gasteiger partial charge in [-0.25, -0.2) is 0 Å². The molecule has 35 heavy (non-hydrogen) atoms. The summed E-state index contributed by atoms with van der Waals surface area (Å²) in [5, 5.41) is 8.57. The smallest absolute Gasteiger partial charge is 0.0622 e. The summed E-state index contributed by atoms with van der Waals surface area (Å²) in [5.41, 5.74) is 1.50. The van der Waals surface area contributed by atoms with Crippen LogP contribution < -0.4 is 21.2 Å². The molecule has 1 aliphatic carbocycles. The van der Waals surface area contributed by atoms with Crippen LogP contribution in [0.2, 0.25) is 0 Å². The molecule has 0 amide bonds. The van der Waals surface area contributed by atoms with Gasteiger partial charge >= 0.3 is 0 Å². The third-order valence-corrected chi connectivity index (χ3v) is 11.4. The second kappa shape index (κ2) is 10.3. The van der Waals surface area contributed by atoms with Crippen LogP contribution in [0.4, 0.5) is 0 Å². The van der Waals surface area contributed by atoms with E-state index in [9.17, 15) is 0 Å². The van der Waals surface area contributed by atoms with Gasteiger partial charge in [-0.3, -0.25) is 0 Å². The Morgan fingerprint density at radius 3 is 1.31 bits per heavy atom. The molecular weight excluding hydrogens is 458 g/mol. The molecule has 1 aliphatic rings. The minimum absolute atomic E-state index is 0.0791. The van der Waals surface area contributed by atoms with Crippen molar-refractivity contribution in [1.29, 1.82) is 0 Å². The molecule has 0 spiro atoms. The predicted molar refractivity (Wildman–Crippen MR) is 159 cm³/mol. The van der Waals surface area contributed by atoms with Gasteiger partial charge in [-0.1, -0.05) is 118 Å². The van der Waals surface area contributed by atoms with E-state index in [1.165, 1.54) is 37.4 Å². The van der Waals surface area contributed by atoms with Crippen LogP contribution in [0.1, 0.15) is 20.8 Å². The molecule has 0 atom stereocenters. The monoisotopic (exact) mass is 489 g/mol. The molecule has 0 unspecified atom stereocenters. The lowest BCUT2D eigenvalue weighted by Crippen LogP contribution is -2.18. The van der Waals surface area contributed by atoms with Crippen LogP contribution in [0.3, 0.4) is 0 Å². The number of rotatable bonds is 5. The Labute approximate surface area is 212 Å². The van der Waals surface area contributed by atoms with Gasteiger partial charge in [0.05, 0.1) is 0 Å². The van der Waals surface area contributed by atoms with Crippen LogP contribution in [0, 0.1) is 5.41 Å². The largest absolute Gasteiger partial charge is 0.178 e. The molecule has 2 heteroatoms. The predicted octanol–water partition coefficient (Wildman–Crippen LogP) is 7.29. The molecular formula is C33H31P2+. The maximum atomic E-state index is 2.52. The fraction of sp³-hybridized carbons (Fsp3) is 0.121. The lowest BCUT2D eigenvalue weighted by atomic mass is 9.87. The van der Waals surface area contributed by atoms with Crippen molar-refractivity contribution < 1.29 is 0 Å². The second-order valence-corrected chi connectivity index (χ2v) is 14.1. The molecule has 0 saturated heterocycles. The molecule has 0 aromatic heterocycles. The van der Waals surface area contributed by atoms with Gasteiger partial charge in [-0.15, -0.1) is 0 Å². The first kappa shape index (κ1) is 23.7. The summed E-state index contributed by atoms with van der Waals surface area (Å²) >= 11 is 0. The summed E-state index contributed by atoms with van der Waals surface area (Å²) in [7, 11) is -1.38. The summed E-state index contributed by atoms with van der Waals surface area (Å²) < 4.78 is 0. The van der Waals surface area contributed by atoms with E-state index < -0.39 is 15.5 Å². The molecule has 4 aromatic rings. The Bertz CT molecular complexity index is 1290.